The summed E-state index contributed by atoms with van der Waals surface area (Å²) in [6.45, 7) is 4.46. The van der Waals surface area contributed by atoms with Crippen LogP contribution in [-0.2, 0) is 15.3 Å². The zero-order valence-corrected chi connectivity index (χ0v) is 14.0. The van der Waals surface area contributed by atoms with Crippen molar-refractivity contribution in [3.8, 4) is 5.75 Å². The van der Waals surface area contributed by atoms with Gasteiger partial charge in [0.2, 0.25) is 11.5 Å². The molecule has 0 saturated carbocycles. The van der Waals surface area contributed by atoms with Crippen LogP contribution < -0.4 is 10.5 Å². The van der Waals surface area contributed by atoms with Crippen LogP contribution in [0.25, 0.3) is 5.57 Å². The summed E-state index contributed by atoms with van der Waals surface area (Å²) in [6, 6.07) is 9.30. The van der Waals surface area contributed by atoms with Gasteiger partial charge in [-0.1, -0.05) is 19.1 Å². The summed E-state index contributed by atoms with van der Waals surface area (Å²) in [5.41, 5.74) is 6.80. The third-order valence-corrected chi connectivity index (χ3v) is 4.46. The first-order valence-corrected chi connectivity index (χ1v) is 8.50. The van der Waals surface area contributed by atoms with Crippen LogP contribution in [-0.4, -0.2) is 12.4 Å². The van der Waals surface area contributed by atoms with Crippen molar-refractivity contribution in [1.29, 1.82) is 0 Å². The van der Waals surface area contributed by atoms with E-state index in [2.05, 4.69) is 6.92 Å². The number of thiophene rings is 1. The van der Waals surface area contributed by atoms with E-state index in [4.69, 9.17) is 15.2 Å². The third-order valence-electron chi connectivity index (χ3n) is 3.78. The lowest BCUT2D eigenvalue weighted by atomic mass is 9.93. The molecule has 0 bridgehead atoms. The Hall–Kier alpha value is -2.11. The van der Waals surface area contributed by atoms with Gasteiger partial charge in [0.15, 0.2) is 0 Å². The summed E-state index contributed by atoms with van der Waals surface area (Å²) in [5, 5.41) is 3.72. The molecule has 0 saturated heterocycles. The zero-order chi connectivity index (χ0) is 16.4. The Labute approximate surface area is 139 Å². The summed E-state index contributed by atoms with van der Waals surface area (Å²) < 4.78 is 11.4. The van der Waals surface area contributed by atoms with Gasteiger partial charge in [-0.15, -0.1) is 0 Å². The molecule has 1 aromatic heterocycles. The minimum atomic E-state index is -1.43. The molecule has 0 amide bonds. The van der Waals surface area contributed by atoms with Crippen molar-refractivity contribution in [2.45, 2.75) is 26.0 Å². The molecule has 2 heterocycles. The van der Waals surface area contributed by atoms with E-state index in [0.29, 0.717) is 23.5 Å². The van der Waals surface area contributed by atoms with Crippen LogP contribution in [0.2, 0.25) is 0 Å². The number of hydrogen-bond acceptors (Lipinski definition) is 5. The maximum Gasteiger partial charge on any atom is 0.249 e. The van der Waals surface area contributed by atoms with Crippen molar-refractivity contribution >= 4 is 22.7 Å². The minimum absolute atomic E-state index is 0.221. The minimum Gasteiger partial charge on any atom is -0.494 e. The Morgan fingerprint density at radius 3 is 2.87 bits per heavy atom. The molecular weight excluding hydrogens is 310 g/mol. The monoisotopic (exact) mass is 329 g/mol. The lowest BCUT2D eigenvalue weighted by Gasteiger charge is -2.21. The van der Waals surface area contributed by atoms with E-state index >= 15 is 0 Å². The van der Waals surface area contributed by atoms with E-state index < -0.39 is 5.72 Å². The quantitative estimate of drug-likeness (QED) is 0.909. The van der Waals surface area contributed by atoms with Crippen LogP contribution in [0.3, 0.4) is 0 Å². The predicted octanol–water partition coefficient (Wildman–Crippen LogP) is 3.68. The van der Waals surface area contributed by atoms with Gasteiger partial charge in [-0.05, 0) is 47.9 Å². The number of allylic oxidation sites excluding steroid dienone is 1. The average molecular weight is 329 g/mol. The number of carbonyl (C=O) groups is 1. The fourth-order valence-electron chi connectivity index (χ4n) is 2.65. The maximum absolute atomic E-state index is 12.9. The van der Waals surface area contributed by atoms with Gasteiger partial charge in [0, 0.05) is 5.56 Å². The van der Waals surface area contributed by atoms with E-state index in [1.165, 1.54) is 11.3 Å². The van der Waals surface area contributed by atoms with E-state index in [1.807, 2.05) is 41.1 Å². The zero-order valence-electron chi connectivity index (χ0n) is 13.2. The van der Waals surface area contributed by atoms with E-state index in [9.17, 15) is 4.79 Å². The summed E-state index contributed by atoms with van der Waals surface area (Å²) >= 11 is 1.49. The molecule has 1 aliphatic heterocycles. The van der Waals surface area contributed by atoms with E-state index in [0.717, 1.165) is 17.7 Å². The molecular formula is C18H19NO3S. The molecule has 5 heteroatoms. The number of rotatable bonds is 5. The number of carbonyl (C=O) groups excluding carboxylic acids is 1. The van der Waals surface area contributed by atoms with E-state index in [-0.39, 0.29) is 5.78 Å². The highest BCUT2D eigenvalue weighted by Crippen LogP contribution is 2.40. The molecule has 0 aliphatic carbocycles. The highest BCUT2D eigenvalue weighted by Gasteiger charge is 2.47. The first-order chi connectivity index (χ1) is 11.1. The molecule has 2 N–H and O–H groups in total. The van der Waals surface area contributed by atoms with Crippen LogP contribution in [0.4, 0.5) is 0 Å². The van der Waals surface area contributed by atoms with Gasteiger partial charge in [0.1, 0.15) is 11.5 Å². The Balaban J connectivity index is 1.94. The SMILES string of the molecule is CCCOc1cccc(C2=C(C)OC(N)(c3ccsc3)C2=O)c1. The molecule has 0 fully saturated rings. The lowest BCUT2D eigenvalue weighted by Crippen LogP contribution is -2.43. The molecule has 1 aromatic carbocycles. The number of ketones is 1. The van der Waals surface area contributed by atoms with Crippen LogP contribution in [0.5, 0.6) is 5.75 Å². The van der Waals surface area contributed by atoms with Crippen molar-refractivity contribution < 1.29 is 14.3 Å². The first kappa shape index (κ1) is 15.8. The Bertz CT molecular complexity index is 751. The van der Waals surface area contributed by atoms with Crippen LogP contribution in [0, 0.1) is 0 Å². The highest BCUT2D eigenvalue weighted by molar-refractivity contribution is 7.08. The molecule has 0 spiro atoms. The van der Waals surface area contributed by atoms with Crippen molar-refractivity contribution in [2.24, 2.45) is 5.73 Å². The Morgan fingerprint density at radius 2 is 2.17 bits per heavy atom. The van der Waals surface area contributed by atoms with Gasteiger partial charge in [-0.2, -0.15) is 11.3 Å². The first-order valence-electron chi connectivity index (χ1n) is 7.55. The van der Waals surface area contributed by atoms with Crippen molar-refractivity contribution in [2.75, 3.05) is 6.61 Å². The van der Waals surface area contributed by atoms with Gasteiger partial charge in [0.25, 0.3) is 0 Å². The Morgan fingerprint density at radius 1 is 1.35 bits per heavy atom. The normalized spacial score (nSPS) is 20.7. The lowest BCUT2D eigenvalue weighted by molar-refractivity contribution is -0.130. The molecule has 120 valence electrons. The van der Waals surface area contributed by atoms with Crippen LogP contribution in [0.15, 0.2) is 46.9 Å². The number of Topliss-reactive ketones (excluding diaryl/α,β-unsaturated/α-hetero) is 1. The Kier molecular flexibility index (Phi) is 4.24. The van der Waals surface area contributed by atoms with Gasteiger partial charge >= 0.3 is 0 Å². The van der Waals surface area contributed by atoms with Crippen LogP contribution in [0.1, 0.15) is 31.4 Å². The molecule has 4 nitrogen and oxygen atoms in total. The standard InChI is InChI=1S/C18H19NO3S/c1-3-8-21-15-6-4-5-13(10-15)16-12(2)22-18(19,17(16)20)14-7-9-23-11-14/h4-7,9-11H,3,8,19H2,1-2H3. The average Bonchev–Trinajstić information content (AvgIpc) is 3.14. The highest BCUT2D eigenvalue weighted by atomic mass is 32.1. The smallest absolute Gasteiger partial charge is 0.249 e. The molecule has 2 aromatic rings. The van der Waals surface area contributed by atoms with Crippen LogP contribution >= 0.6 is 11.3 Å². The molecule has 23 heavy (non-hydrogen) atoms. The predicted molar refractivity (Wildman–Crippen MR) is 91.1 cm³/mol. The topological polar surface area (TPSA) is 61.6 Å². The second-order valence-electron chi connectivity index (χ2n) is 5.49. The fraction of sp³-hybridized carbons (Fsp3) is 0.278. The van der Waals surface area contributed by atoms with Crippen molar-refractivity contribution in [3.05, 3.63) is 58.0 Å². The fourth-order valence-corrected chi connectivity index (χ4v) is 3.35. The van der Waals surface area contributed by atoms with Gasteiger partial charge in [-0.3, -0.25) is 10.5 Å². The molecule has 3 rings (SSSR count). The molecule has 0 radical (unpaired) electrons. The van der Waals surface area contributed by atoms with Gasteiger partial charge in [0.05, 0.1) is 12.2 Å². The van der Waals surface area contributed by atoms with Crippen molar-refractivity contribution in [1.82, 2.24) is 0 Å². The molecule has 1 atom stereocenters. The second-order valence-corrected chi connectivity index (χ2v) is 6.27. The summed E-state index contributed by atoms with van der Waals surface area (Å²) in [5.74, 6) is 1.06. The number of hydrogen-bond donors (Lipinski definition) is 1. The van der Waals surface area contributed by atoms with E-state index in [1.54, 1.807) is 6.92 Å². The molecule has 1 unspecified atom stereocenters. The second kappa shape index (κ2) is 6.18. The summed E-state index contributed by atoms with van der Waals surface area (Å²) in [6.07, 6.45) is 0.929. The third kappa shape index (κ3) is 2.78. The largest absolute Gasteiger partial charge is 0.494 e. The van der Waals surface area contributed by atoms with Gasteiger partial charge in [-0.25, -0.2) is 0 Å². The summed E-state index contributed by atoms with van der Waals surface area (Å²) in [7, 11) is 0. The number of nitrogens with two attached hydrogens (primary N) is 1. The molecule has 1 aliphatic rings. The van der Waals surface area contributed by atoms with Gasteiger partial charge < -0.3 is 9.47 Å². The summed E-state index contributed by atoms with van der Waals surface area (Å²) in [4.78, 5) is 12.9. The van der Waals surface area contributed by atoms with Crippen molar-refractivity contribution in [3.63, 3.8) is 0 Å². The maximum atomic E-state index is 12.9. The number of benzene rings is 1. The number of ether oxygens (including phenoxy) is 2.